The van der Waals surface area contributed by atoms with Crippen LogP contribution in [-0.2, 0) is 9.59 Å². The molecule has 0 saturated carbocycles. The van der Waals surface area contributed by atoms with Crippen LogP contribution in [0.1, 0.15) is 28.4 Å². The molecule has 0 atom stereocenters. The third-order valence-electron chi connectivity index (χ3n) is 4.84. The van der Waals surface area contributed by atoms with Crippen molar-refractivity contribution in [1.29, 1.82) is 0 Å². The van der Waals surface area contributed by atoms with Crippen LogP contribution < -0.4 is 10.3 Å². The summed E-state index contributed by atoms with van der Waals surface area (Å²) in [6, 6.07) is 14.4. The van der Waals surface area contributed by atoms with Gasteiger partial charge in [0.25, 0.3) is 17.7 Å². The molecule has 0 radical (unpaired) electrons. The molecule has 29 heavy (non-hydrogen) atoms. The minimum Gasteiger partial charge on any atom is -0.308 e. The Balaban J connectivity index is 1.69. The molecule has 8 heteroatoms. The molecule has 0 spiro atoms. The predicted molar refractivity (Wildman–Crippen MR) is 117 cm³/mol. The van der Waals surface area contributed by atoms with Crippen LogP contribution in [-0.4, -0.2) is 33.6 Å². The van der Waals surface area contributed by atoms with E-state index >= 15 is 0 Å². The van der Waals surface area contributed by atoms with Gasteiger partial charge in [0.05, 0.1) is 16.2 Å². The molecule has 3 amide bonds. The normalized spacial score (nSPS) is 18.5. The lowest BCUT2D eigenvalue weighted by Gasteiger charge is -2.16. The van der Waals surface area contributed by atoms with Crippen molar-refractivity contribution in [1.82, 2.24) is 10.4 Å². The lowest BCUT2D eigenvalue weighted by atomic mass is 10.1. The summed E-state index contributed by atoms with van der Waals surface area (Å²) in [5, 5.41) is 1.04. The number of anilines is 1. The molecule has 1 fully saturated rings. The van der Waals surface area contributed by atoms with Gasteiger partial charge in [-0.1, -0.05) is 48.2 Å². The number of aryl methyl sites for hydroxylation is 1. The molecule has 0 unspecified atom stereocenters. The lowest BCUT2D eigenvalue weighted by Crippen LogP contribution is -2.45. The van der Waals surface area contributed by atoms with Crippen LogP contribution in [0.15, 0.2) is 53.4 Å². The highest BCUT2D eigenvalue weighted by Crippen LogP contribution is 2.44. The average molecular weight is 424 g/mol. The molecule has 1 saturated heterocycles. The summed E-state index contributed by atoms with van der Waals surface area (Å²) in [6.45, 7) is 4.18. The van der Waals surface area contributed by atoms with E-state index in [9.17, 15) is 14.4 Å². The first-order valence-corrected chi connectivity index (χ1v) is 10.2. The van der Waals surface area contributed by atoms with Gasteiger partial charge in [0.2, 0.25) is 0 Å². The first kappa shape index (κ1) is 19.4. The predicted octanol–water partition coefficient (Wildman–Crippen LogP) is 3.28. The second-order valence-corrected chi connectivity index (χ2v) is 8.18. The van der Waals surface area contributed by atoms with Crippen LogP contribution in [0.5, 0.6) is 0 Å². The number of nitrogens with zero attached hydrogens (tertiary/aromatic N) is 2. The highest BCUT2D eigenvalue weighted by atomic mass is 32.2. The summed E-state index contributed by atoms with van der Waals surface area (Å²) in [5.41, 5.74) is 5.61. The van der Waals surface area contributed by atoms with Gasteiger partial charge in [0, 0.05) is 17.7 Å². The zero-order valence-corrected chi connectivity index (χ0v) is 17.4. The smallest absolute Gasteiger partial charge is 0.286 e. The van der Waals surface area contributed by atoms with E-state index in [-0.39, 0.29) is 15.1 Å². The van der Waals surface area contributed by atoms with Gasteiger partial charge in [-0.3, -0.25) is 19.8 Å². The second-order valence-electron chi connectivity index (χ2n) is 6.54. The van der Waals surface area contributed by atoms with Crippen molar-refractivity contribution in [3.05, 3.63) is 70.1 Å². The number of rotatable bonds is 3. The molecular weight excluding hydrogens is 406 g/mol. The topological polar surface area (TPSA) is 69.7 Å². The fourth-order valence-electron chi connectivity index (χ4n) is 3.42. The van der Waals surface area contributed by atoms with Crippen LogP contribution in [0.25, 0.3) is 5.57 Å². The number of thiocarbonyl (C=S) groups is 1. The molecule has 2 aliphatic heterocycles. The first-order chi connectivity index (χ1) is 13.9. The van der Waals surface area contributed by atoms with Crippen molar-refractivity contribution >= 4 is 57.3 Å². The van der Waals surface area contributed by atoms with Crippen LogP contribution >= 0.6 is 24.0 Å². The summed E-state index contributed by atoms with van der Waals surface area (Å²) in [7, 11) is 0. The Kier molecular flexibility index (Phi) is 4.97. The van der Waals surface area contributed by atoms with Gasteiger partial charge in [-0.2, -0.15) is 5.01 Å². The number of hydrogen-bond donors (Lipinski definition) is 1. The molecular formula is C21H17N3O3S2. The van der Waals surface area contributed by atoms with Crippen molar-refractivity contribution in [2.24, 2.45) is 0 Å². The lowest BCUT2D eigenvalue weighted by molar-refractivity contribution is -0.124. The van der Waals surface area contributed by atoms with E-state index in [0.717, 1.165) is 28.0 Å². The molecule has 2 aliphatic rings. The van der Waals surface area contributed by atoms with E-state index in [1.54, 1.807) is 17.0 Å². The number of fused-ring (bicyclic) bond motifs is 1. The van der Waals surface area contributed by atoms with Crippen molar-refractivity contribution < 1.29 is 14.4 Å². The number of nitrogens with one attached hydrogen (secondary N) is 1. The maximum Gasteiger partial charge on any atom is 0.286 e. The molecule has 1 N–H and O–H groups in total. The summed E-state index contributed by atoms with van der Waals surface area (Å²) < 4.78 is 0.180. The van der Waals surface area contributed by atoms with Gasteiger partial charge in [-0.15, -0.1) is 0 Å². The molecule has 2 heterocycles. The standard InChI is InChI=1S/C21H17N3O3S2/c1-3-23-15-11-7-6-10-14(15)16(19(23)26)17-20(27)24(21(28)29-17)22-18(25)13-9-5-4-8-12(13)2/h4-11H,3H2,1-2H3,(H,22,25). The largest absolute Gasteiger partial charge is 0.308 e. The summed E-state index contributed by atoms with van der Waals surface area (Å²) in [4.78, 5) is 40.6. The Morgan fingerprint density at radius 2 is 1.76 bits per heavy atom. The van der Waals surface area contributed by atoms with Gasteiger partial charge in [0.1, 0.15) is 0 Å². The molecule has 0 aliphatic carbocycles. The number of hydrogen-bond acceptors (Lipinski definition) is 5. The Bertz CT molecular complexity index is 1110. The summed E-state index contributed by atoms with van der Waals surface area (Å²) in [5.74, 6) is -1.17. The Hall–Kier alpha value is -2.97. The number of amides is 3. The number of benzene rings is 2. The van der Waals surface area contributed by atoms with Crippen LogP contribution in [0.2, 0.25) is 0 Å². The number of carbonyl (C=O) groups excluding carboxylic acids is 3. The number of hydrazine groups is 1. The molecule has 0 bridgehead atoms. The van der Waals surface area contributed by atoms with E-state index in [2.05, 4.69) is 5.43 Å². The molecule has 146 valence electrons. The monoisotopic (exact) mass is 423 g/mol. The van der Waals surface area contributed by atoms with Gasteiger partial charge in [-0.05, 0) is 43.8 Å². The zero-order chi connectivity index (χ0) is 20.7. The van der Waals surface area contributed by atoms with Crippen LogP contribution in [0.4, 0.5) is 5.69 Å². The first-order valence-electron chi connectivity index (χ1n) is 9.02. The Labute approximate surface area is 177 Å². The fourth-order valence-corrected chi connectivity index (χ4v) is 4.67. The van der Waals surface area contributed by atoms with Gasteiger partial charge in [0.15, 0.2) is 4.32 Å². The second kappa shape index (κ2) is 7.46. The molecule has 2 aromatic rings. The van der Waals surface area contributed by atoms with E-state index in [4.69, 9.17) is 12.2 Å². The average Bonchev–Trinajstić information content (AvgIpc) is 3.15. The molecule has 4 rings (SSSR count). The van der Waals surface area contributed by atoms with Crippen molar-refractivity contribution in [3.8, 4) is 0 Å². The number of para-hydroxylation sites is 1. The van der Waals surface area contributed by atoms with Gasteiger partial charge < -0.3 is 4.90 Å². The number of likely N-dealkylation sites (N-methyl/N-ethyl adjacent to an activating group) is 1. The Morgan fingerprint density at radius 3 is 2.48 bits per heavy atom. The van der Waals surface area contributed by atoms with Crippen LogP contribution in [0, 0.1) is 6.92 Å². The number of carbonyl (C=O) groups is 3. The number of thioether (sulfide) groups is 1. The third kappa shape index (κ3) is 3.14. The minimum atomic E-state index is -0.502. The van der Waals surface area contributed by atoms with E-state index < -0.39 is 11.8 Å². The summed E-state index contributed by atoms with van der Waals surface area (Å²) in [6.07, 6.45) is 0. The van der Waals surface area contributed by atoms with E-state index in [0.29, 0.717) is 23.2 Å². The maximum absolute atomic E-state index is 13.1. The minimum absolute atomic E-state index is 0.180. The molecule has 2 aromatic carbocycles. The molecule has 6 nitrogen and oxygen atoms in total. The van der Waals surface area contributed by atoms with Gasteiger partial charge >= 0.3 is 0 Å². The quantitative estimate of drug-likeness (QED) is 0.606. The third-order valence-corrected chi connectivity index (χ3v) is 6.21. The fraction of sp³-hybridized carbons (Fsp3) is 0.143. The SMILES string of the molecule is CCN1C(=O)C(=C2SC(=S)N(NC(=O)c3ccccc3C)C2=O)c2ccccc21. The van der Waals surface area contributed by atoms with Crippen molar-refractivity contribution in [2.45, 2.75) is 13.8 Å². The van der Waals surface area contributed by atoms with Crippen molar-refractivity contribution in [3.63, 3.8) is 0 Å². The van der Waals surface area contributed by atoms with Crippen molar-refractivity contribution in [2.75, 3.05) is 11.4 Å². The van der Waals surface area contributed by atoms with Crippen LogP contribution in [0.3, 0.4) is 0 Å². The summed E-state index contributed by atoms with van der Waals surface area (Å²) >= 11 is 6.35. The highest BCUT2D eigenvalue weighted by Gasteiger charge is 2.42. The highest BCUT2D eigenvalue weighted by molar-refractivity contribution is 8.26. The molecule has 0 aromatic heterocycles. The maximum atomic E-state index is 13.1. The Morgan fingerprint density at radius 1 is 1.07 bits per heavy atom. The van der Waals surface area contributed by atoms with Gasteiger partial charge in [-0.25, -0.2) is 0 Å². The van der Waals surface area contributed by atoms with E-state index in [1.807, 2.05) is 50.2 Å². The zero-order valence-electron chi connectivity index (χ0n) is 15.8. The van der Waals surface area contributed by atoms with E-state index in [1.165, 1.54) is 0 Å².